The third-order valence-corrected chi connectivity index (χ3v) is 3.44. The summed E-state index contributed by atoms with van der Waals surface area (Å²) >= 11 is 0. The van der Waals surface area contributed by atoms with Crippen molar-refractivity contribution < 1.29 is 131 Å². The number of allylic oxidation sites excluding steroid dienone is 3. The van der Waals surface area contributed by atoms with E-state index >= 15 is 0 Å². The number of hydrogen-bond donors (Lipinski definition) is 0. The molecule has 1 aromatic carbocycles. The molecule has 0 atom stereocenters. The molecule has 880 valence electrons. The van der Waals surface area contributed by atoms with Gasteiger partial charge in [0.15, 0.2) is 0 Å². The van der Waals surface area contributed by atoms with Gasteiger partial charge in [-0.05, 0) is 84.5 Å². The van der Waals surface area contributed by atoms with Crippen molar-refractivity contribution in [1.82, 2.24) is 50.1 Å². The molecule has 0 bridgehead atoms. The molecule has 0 amide bonds. The van der Waals surface area contributed by atoms with Crippen molar-refractivity contribution >= 4 is 19.6 Å². The number of benzene rings is 1. The molecule has 6 rings (SSSR count). The SMILES string of the molecule is CC.CC.CC.CC.CC.CC.CC.CC.CC.CC.CC.CC.CC.CC.CC.CC.CC.CC.CC.CC.CC(C)(C)C.CC(C)(C)C.CC(C)(C)C.CC(C)(C)C.CC(C)(C)C.CC(C)(C)C.CC(C)(C)C.CC(C)(C)C.CC(C)(C)C.CC(C)(C)C.[CH-]=CC=[CH-].[CH-]=CC=[N-].[CH-]=CN=[CH-].[CH-]=CN=[CH-].[Y].[Y].[Y].[Y].c1ccccc1.c1ccncc1.c1ccnnc1.c1cnccn1.c1cncnc1.c1ncncn1. The van der Waals surface area contributed by atoms with Crippen molar-refractivity contribution in [2.24, 2.45) is 64.1 Å². The Balaban J connectivity index is -0.0000000229. The average molecular weight is 2370 g/mol. The van der Waals surface area contributed by atoms with Crippen LogP contribution in [0.15, 0.2) is 201 Å². The molecular weight excluding hydrogens is 2090 g/mol. The van der Waals surface area contributed by atoms with Gasteiger partial charge >= 0.3 is 0 Å². The van der Waals surface area contributed by atoms with E-state index < -0.39 is 0 Å². The second-order valence-electron chi connectivity index (χ2n) is 37.0. The number of pyridine rings is 1. The summed E-state index contributed by atoms with van der Waals surface area (Å²) in [6.07, 6.45) is 29.0. The molecule has 4 radical (unpaired) electrons. The van der Waals surface area contributed by atoms with E-state index in [0.29, 0.717) is 54.1 Å². The molecular formula is C129H279N13Y4-8. The van der Waals surface area contributed by atoms with Gasteiger partial charge in [0.2, 0.25) is 0 Å². The predicted molar refractivity (Wildman–Crippen MR) is 686 cm³/mol. The zero-order valence-corrected chi connectivity index (χ0v) is 127. The molecule has 5 aromatic heterocycles. The number of aromatic nitrogens is 10. The zero-order chi connectivity index (χ0) is 124. The van der Waals surface area contributed by atoms with Crippen LogP contribution >= 0.6 is 0 Å². The first-order valence-corrected chi connectivity index (χ1v) is 54.1. The topological polar surface area (TPSA) is 176 Å². The van der Waals surface area contributed by atoms with Gasteiger partial charge in [-0.1, -0.05) is 596 Å². The van der Waals surface area contributed by atoms with E-state index in [0.717, 1.165) is 24.7 Å². The van der Waals surface area contributed by atoms with E-state index in [4.69, 9.17) is 18.6 Å². The van der Waals surface area contributed by atoms with Crippen molar-refractivity contribution in [2.75, 3.05) is 0 Å². The molecule has 0 aliphatic rings. The first kappa shape index (κ1) is 261. The summed E-state index contributed by atoms with van der Waals surface area (Å²) in [7, 11) is 0. The molecule has 0 aliphatic heterocycles. The van der Waals surface area contributed by atoms with E-state index in [2.05, 4.69) is 370 Å². The van der Waals surface area contributed by atoms with Gasteiger partial charge in [0.05, 0.1) is 0 Å². The van der Waals surface area contributed by atoms with E-state index in [1.54, 1.807) is 68.0 Å². The summed E-state index contributed by atoms with van der Waals surface area (Å²) in [5.74, 6) is 0. The van der Waals surface area contributed by atoms with Crippen LogP contribution in [0.2, 0.25) is 0 Å². The van der Waals surface area contributed by atoms with Gasteiger partial charge in [-0.25, -0.2) is 24.9 Å². The smallest absolute Gasteiger partial charge is 0.119 e. The molecule has 0 saturated heterocycles. The molecule has 0 aliphatic carbocycles. The molecule has 0 spiro atoms. The molecule has 146 heavy (non-hydrogen) atoms. The van der Waals surface area contributed by atoms with Gasteiger partial charge in [0, 0.05) is 193 Å². The molecule has 5 heterocycles. The second kappa shape index (κ2) is 277. The van der Waals surface area contributed by atoms with Crippen LogP contribution in [0.1, 0.15) is 554 Å². The van der Waals surface area contributed by atoms with E-state index in [1.807, 2.05) is 344 Å². The molecule has 17 heteroatoms. The Morgan fingerprint density at radius 3 is 0.301 bits per heavy atom. The van der Waals surface area contributed by atoms with Crippen LogP contribution < -0.4 is 0 Å². The Morgan fingerprint density at radius 1 is 0.164 bits per heavy atom. The Bertz CT molecular complexity index is 1750. The summed E-state index contributed by atoms with van der Waals surface area (Å²) in [5, 5.41) is 14.6. The first-order valence-electron chi connectivity index (χ1n) is 54.1. The van der Waals surface area contributed by atoms with Crippen molar-refractivity contribution in [3.63, 3.8) is 0 Å². The second-order valence-corrected chi connectivity index (χ2v) is 37.0. The van der Waals surface area contributed by atoms with Crippen molar-refractivity contribution in [3.05, 3.63) is 229 Å². The predicted octanol–water partition coefficient (Wildman–Crippen LogP) is 47.7. The Labute approximate surface area is 1040 Å². The van der Waals surface area contributed by atoms with Gasteiger partial charge in [0.25, 0.3) is 0 Å². The summed E-state index contributed by atoms with van der Waals surface area (Å²) in [6, 6.07) is 23.1. The van der Waals surface area contributed by atoms with E-state index in [-0.39, 0.29) is 131 Å². The third-order valence-electron chi connectivity index (χ3n) is 3.44. The van der Waals surface area contributed by atoms with Gasteiger partial charge in [-0.3, -0.25) is 27.6 Å². The summed E-state index contributed by atoms with van der Waals surface area (Å²) < 4.78 is 0. The maximum Gasteiger partial charge on any atom is 0.119 e. The standard InChI is InChI=1S/C6H6.C5H5N.10C5H12.3C4H4N2.C4H4.C3H3N3.3C3H3N.20C2H6.4Y/c2*1-2-4-6-5-3-1;10*1-5(2,3)4;1-2-6-4-3-5-1;1-2-5-4-6-3-1;1-2-4-6-5-3-1;1-3-4-2;1-4-2-6-3-5-1;2*1-3-4-2;1-2-3-4;20*1-2;;;;/h1-6H;1-5H;10*1-4H3;3*1-4H;1-4H;1-3H;3*1-3H;20*1-2H3;;;;/q;;;;;;;;;;;;;;;-2;;3*-2;;;;;;;;;;;;;;;;;;;;;;;;. The van der Waals surface area contributed by atoms with Crippen molar-refractivity contribution in [1.29, 1.82) is 0 Å². The number of rotatable bonds is 4. The van der Waals surface area contributed by atoms with Crippen LogP contribution in [-0.4, -0.2) is 69.7 Å². The normalized spacial score (nSPS) is 7.45. The summed E-state index contributed by atoms with van der Waals surface area (Å²) in [5.41, 5.74) is 5.00. The Kier molecular flexibility index (Phi) is 495. The Hall–Kier alpha value is -3.25. The largest absolute Gasteiger partial charge is 0.911 e. The molecule has 6 aromatic rings. The maximum absolute atomic E-state index is 7.57. The van der Waals surface area contributed by atoms with Crippen molar-refractivity contribution in [2.45, 2.75) is 554 Å². The molecule has 13 nitrogen and oxygen atoms in total. The number of nitrogens with zero attached hydrogens (tertiary/aromatic N) is 13. The fourth-order valence-corrected chi connectivity index (χ4v) is 1.66. The fourth-order valence-electron chi connectivity index (χ4n) is 1.66. The summed E-state index contributed by atoms with van der Waals surface area (Å²) in [6.45, 7) is 200. The minimum absolute atomic E-state index is 0. The third kappa shape index (κ3) is 2040. The monoisotopic (exact) mass is 2370 g/mol. The maximum atomic E-state index is 7.57. The van der Waals surface area contributed by atoms with Crippen LogP contribution in [-0.2, 0) is 131 Å². The van der Waals surface area contributed by atoms with Crippen LogP contribution in [0.25, 0.3) is 5.41 Å². The van der Waals surface area contributed by atoms with Crippen molar-refractivity contribution in [3.8, 4) is 0 Å². The molecule has 0 N–H and O–H groups in total. The minimum Gasteiger partial charge on any atom is -0.911 e. The first-order chi connectivity index (χ1) is 65.7. The van der Waals surface area contributed by atoms with Gasteiger partial charge in [0.1, 0.15) is 25.3 Å². The van der Waals surface area contributed by atoms with Gasteiger partial charge < -0.3 is 72.5 Å². The van der Waals surface area contributed by atoms with Crippen LogP contribution in [0.5, 0.6) is 0 Å². The quantitative estimate of drug-likeness (QED) is 0.0938. The molecule has 0 saturated carbocycles. The minimum atomic E-state index is 0. The van der Waals surface area contributed by atoms with Gasteiger partial charge in [-0.2, -0.15) is 23.6 Å². The van der Waals surface area contributed by atoms with Gasteiger partial charge in [-0.15, -0.1) is 0 Å². The fraction of sp³-hybridized carbons (Fsp3) is 0.698. The van der Waals surface area contributed by atoms with E-state index in [1.165, 1.54) is 37.5 Å². The molecule has 0 unspecified atom stereocenters. The van der Waals surface area contributed by atoms with E-state index in [9.17, 15) is 0 Å². The number of hydrogen-bond acceptors (Lipinski definition) is 12. The van der Waals surface area contributed by atoms with Crippen LogP contribution in [0.4, 0.5) is 0 Å². The van der Waals surface area contributed by atoms with Crippen LogP contribution in [0.3, 0.4) is 0 Å². The summed E-state index contributed by atoms with van der Waals surface area (Å²) in [4.78, 5) is 35.0. The molecule has 0 fully saturated rings. The van der Waals surface area contributed by atoms with Crippen LogP contribution in [0, 0.1) is 87.0 Å². The Morgan fingerprint density at radius 2 is 0.260 bits per heavy atom. The average Bonchev–Trinajstić information content (AvgIpc) is 1.26. The number of aliphatic imine (C=N–C) groups is 2. The zero-order valence-electron chi connectivity index (χ0n) is 116.